The normalized spacial score (nSPS) is 12.2. The lowest BCUT2D eigenvalue weighted by Gasteiger charge is -2.20. The van der Waals surface area contributed by atoms with E-state index in [2.05, 4.69) is 10.3 Å². The molecule has 3 aromatic carbocycles. The van der Waals surface area contributed by atoms with Crippen LogP contribution in [0.4, 0.5) is 23.2 Å². The van der Waals surface area contributed by atoms with E-state index in [1.54, 1.807) is 18.2 Å². The average molecular weight is 638 g/mol. The van der Waals surface area contributed by atoms with E-state index in [4.69, 9.17) is 9.52 Å². The van der Waals surface area contributed by atoms with Gasteiger partial charge in [0.15, 0.2) is 5.65 Å². The average Bonchev–Trinajstić information content (AvgIpc) is 3.60. The third kappa shape index (κ3) is 5.37. The van der Waals surface area contributed by atoms with Crippen molar-refractivity contribution in [1.82, 2.24) is 19.9 Å². The number of alkyl halides is 3. The lowest BCUT2D eigenvalue weighted by molar-refractivity contribution is -0.137. The lowest BCUT2D eigenvalue weighted by Crippen LogP contribution is -2.25. The van der Waals surface area contributed by atoms with Crippen molar-refractivity contribution in [3.63, 3.8) is 0 Å². The number of fused-ring (bicyclic) bond motifs is 2. The Balaban J connectivity index is 1.59. The molecular formula is C31H23F4N5O4S. The molecule has 0 aliphatic carbocycles. The van der Waals surface area contributed by atoms with E-state index in [0.29, 0.717) is 33.4 Å². The molecule has 3 aromatic heterocycles. The van der Waals surface area contributed by atoms with Gasteiger partial charge in [0.2, 0.25) is 10.0 Å². The number of hydrogen-bond acceptors (Lipinski definition) is 6. The molecule has 1 N–H and O–H groups in total. The van der Waals surface area contributed by atoms with Gasteiger partial charge in [-0.2, -0.15) is 18.3 Å². The minimum absolute atomic E-state index is 0.142. The van der Waals surface area contributed by atoms with E-state index < -0.39 is 33.5 Å². The van der Waals surface area contributed by atoms with Gasteiger partial charge >= 0.3 is 6.18 Å². The Bertz CT molecular complexity index is 2210. The summed E-state index contributed by atoms with van der Waals surface area (Å²) in [6.07, 6.45) is -2.00. The van der Waals surface area contributed by atoms with E-state index in [0.717, 1.165) is 22.7 Å². The van der Waals surface area contributed by atoms with Crippen LogP contribution in [0.25, 0.3) is 50.5 Å². The van der Waals surface area contributed by atoms with Crippen LogP contribution in [0, 0.1) is 5.82 Å². The summed E-state index contributed by atoms with van der Waals surface area (Å²) in [4.78, 5) is 17.5. The fourth-order valence-electron chi connectivity index (χ4n) is 4.98. The highest BCUT2D eigenvalue weighted by Gasteiger charge is 2.30. The zero-order valence-electron chi connectivity index (χ0n) is 23.8. The second-order valence-electron chi connectivity index (χ2n) is 10.2. The SMILES string of the molecule is CNC(=O)c1c(-c2ccc(F)cc2)oc2cc(N(C)S(C)(=O)=O)c(-c3ccc4ncc(-c5ccc(C(F)(F)F)cc5)n4n3)cc12. The second-order valence-corrected chi connectivity index (χ2v) is 12.2. The fourth-order valence-corrected chi connectivity index (χ4v) is 5.48. The second kappa shape index (κ2) is 10.7. The highest BCUT2D eigenvalue weighted by atomic mass is 32.2. The van der Waals surface area contributed by atoms with Crippen LogP contribution >= 0.6 is 0 Å². The molecule has 45 heavy (non-hydrogen) atoms. The third-order valence-corrected chi connectivity index (χ3v) is 8.54. The maximum Gasteiger partial charge on any atom is 0.416 e. The molecule has 230 valence electrons. The van der Waals surface area contributed by atoms with E-state index >= 15 is 0 Å². The van der Waals surface area contributed by atoms with Crippen molar-refractivity contribution >= 4 is 38.2 Å². The Kier molecular flexibility index (Phi) is 7.11. The predicted octanol–water partition coefficient (Wildman–Crippen LogP) is 6.39. The number of halogens is 4. The Hall–Kier alpha value is -5.24. The summed E-state index contributed by atoms with van der Waals surface area (Å²) >= 11 is 0. The molecule has 0 atom stereocenters. The Morgan fingerprint density at radius 1 is 0.978 bits per heavy atom. The first-order chi connectivity index (χ1) is 21.3. The van der Waals surface area contributed by atoms with Crippen LogP contribution in [0.15, 0.2) is 83.4 Å². The van der Waals surface area contributed by atoms with Crippen molar-refractivity contribution in [2.24, 2.45) is 0 Å². The molecule has 0 saturated heterocycles. The summed E-state index contributed by atoms with van der Waals surface area (Å²) < 4.78 is 87.1. The molecule has 0 radical (unpaired) electrons. The number of rotatable bonds is 6. The number of amides is 1. The molecule has 0 bridgehead atoms. The molecule has 1 amide bonds. The van der Waals surface area contributed by atoms with E-state index in [-0.39, 0.29) is 28.3 Å². The number of benzene rings is 3. The van der Waals surface area contributed by atoms with Crippen molar-refractivity contribution in [2.75, 3.05) is 24.7 Å². The van der Waals surface area contributed by atoms with Crippen LogP contribution < -0.4 is 9.62 Å². The van der Waals surface area contributed by atoms with Gasteiger partial charge in [0, 0.05) is 42.2 Å². The number of aromatic nitrogens is 3. The quantitative estimate of drug-likeness (QED) is 0.212. The highest BCUT2D eigenvalue weighted by molar-refractivity contribution is 7.92. The molecule has 0 unspecified atom stereocenters. The van der Waals surface area contributed by atoms with Gasteiger partial charge in [-0.3, -0.25) is 9.10 Å². The van der Waals surface area contributed by atoms with Crippen LogP contribution in [-0.2, 0) is 16.2 Å². The molecule has 0 saturated carbocycles. The molecule has 0 fully saturated rings. The van der Waals surface area contributed by atoms with Crippen molar-refractivity contribution in [3.8, 4) is 33.8 Å². The summed E-state index contributed by atoms with van der Waals surface area (Å²) in [5.41, 5.74) is 1.91. The number of nitrogens with one attached hydrogen (secondary N) is 1. The first-order valence-electron chi connectivity index (χ1n) is 13.3. The van der Waals surface area contributed by atoms with Gasteiger partial charge in [0.25, 0.3) is 5.91 Å². The minimum Gasteiger partial charge on any atom is -0.455 e. The molecule has 9 nitrogen and oxygen atoms in total. The Labute approximate surface area is 253 Å². The van der Waals surface area contributed by atoms with Crippen molar-refractivity contribution in [3.05, 3.63) is 95.9 Å². The number of hydrogen-bond donors (Lipinski definition) is 1. The highest BCUT2D eigenvalue weighted by Crippen LogP contribution is 2.41. The number of nitrogens with zero attached hydrogens (tertiary/aromatic N) is 4. The topological polar surface area (TPSA) is 110 Å². The molecule has 0 spiro atoms. The van der Waals surface area contributed by atoms with E-state index in [9.17, 15) is 30.8 Å². The number of sulfonamides is 1. The Morgan fingerprint density at radius 2 is 1.64 bits per heavy atom. The molecule has 14 heteroatoms. The van der Waals surface area contributed by atoms with Gasteiger partial charge in [0.1, 0.15) is 17.2 Å². The standard InChI is InChI=1S/C31H23F4N5O4S/c1-36-30(41)28-22-14-21(24(39(2)45(3,42)43)15-26(22)44-29(28)18-6-10-20(32)11-7-18)23-12-13-27-37-16-25(40(27)38-23)17-4-8-19(9-5-17)31(33,34)35/h4-16H,1-3H3,(H,36,41). The molecular weight excluding hydrogens is 614 g/mol. The van der Waals surface area contributed by atoms with Gasteiger partial charge in [-0.15, -0.1) is 0 Å². The summed E-state index contributed by atoms with van der Waals surface area (Å²) in [5, 5.41) is 7.61. The van der Waals surface area contributed by atoms with Gasteiger partial charge < -0.3 is 9.73 Å². The van der Waals surface area contributed by atoms with E-state index in [1.807, 2.05) is 0 Å². The Morgan fingerprint density at radius 3 is 2.27 bits per heavy atom. The predicted molar refractivity (Wildman–Crippen MR) is 161 cm³/mol. The van der Waals surface area contributed by atoms with Crippen LogP contribution in [0.1, 0.15) is 15.9 Å². The number of carbonyl (C=O) groups is 1. The number of furan rings is 1. The maximum absolute atomic E-state index is 13.7. The zero-order chi connectivity index (χ0) is 32.3. The van der Waals surface area contributed by atoms with Crippen molar-refractivity contribution < 1.29 is 35.2 Å². The van der Waals surface area contributed by atoms with Crippen molar-refractivity contribution in [2.45, 2.75) is 6.18 Å². The summed E-state index contributed by atoms with van der Waals surface area (Å²) in [6, 6.07) is 16.2. The first kappa shape index (κ1) is 29.8. The van der Waals surface area contributed by atoms with Crippen LogP contribution in [-0.4, -0.2) is 49.3 Å². The summed E-state index contributed by atoms with van der Waals surface area (Å²) in [5.74, 6) is -0.824. The van der Waals surface area contributed by atoms with Crippen LogP contribution in [0.5, 0.6) is 0 Å². The van der Waals surface area contributed by atoms with Gasteiger partial charge in [0.05, 0.1) is 40.7 Å². The lowest BCUT2D eigenvalue weighted by atomic mass is 10.0. The number of imidazole rings is 1. The number of carbonyl (C=O) groups excluding carboxylic acids is 1. The minimum atomic E-state index is -4.50. The number of anilines is 1. The molecule has 0 aliphatic rings. The maximum atomic E-state index is 13.7. The monoisotopic (exact) mass is 637 g/mol. The van der Waals surface area contributed by atoms with Crippen molar-refractivity contribution in [1.29, 1.82) is 0 Å². The van der Waals surface area contributed by atoms with Crippen LogP contribution in [0.3, 0.4) is 0 Å². The van der Waals surface area contributed by atoms with E-state index in [1.165, 1.54) is 67.3 Å². The largest absolute Gasteiger partial charge is 0.455 e. The summed E-state index contributed by atoms with van der Waals surface area (Å²) in [7, 11) is -1.01. The first-order valence-corrected chi connectivity index (χ1v) is 15.2. The molecule has 3 heterocycles. The van der Waals surface area contributed by atoms with Gasteiger partial charge in [-0.1, -0.05) is 12.1 Å². The summed E-state index contributed by atoms with van der Waals surface area (Å²) in [6.45, 7) is 0. The zero-order valence-corrected chi connectivity index (χ0v) is 24.7. The molecule has 6 rings (SSSR count). The fraction of sp³-hybridized carbons (Fsp3) is 0.129. The molecule has 6 aromatic rings. The third-order valence-electron chi connectivity index (χ3n) is 7.35. The molecule has 0 aliphatic heterocycles. The van der Waals surface area contributed by atoms with Crippen LogP contribution in [0.2, 0.25) is 0 Å². The smallest absolute Gasteiger partial charge is 0.416 e. The van der Waals surface area contributed by atoms with Gasteiger partial charge in [-0.05, 0) is 54.6 Å². The van der Waals surface area contributed by atoms with Gasteiger partial charge in [-0.25, -0.2) is 22.3 Å².